The third kappa shape index (κ3) is 3.20. The summed E-state index contributed by atoms with van der Waals surface area (Å²) in [6.07, 6.45) is 4.31. The molecule has 1 aromatic carbocycles. The van der Waals surface area contributed by atoms with E-state index in [1.165, 1.54) is 5.57 Å². The van der Waals surface area contributed by atoms with Crippen LogP contribution in [0, 0.1) is 17.3 Å². The van der Waals surface area contributed by atoms with Gasteiger partial charge in [0.15, 0.2) is 0 Å². The minimum atomic E-state index is -0.0370. The Hall–Kier alpha value is -1.57. The number of esters is 1. The van der Waals surface area contributed by atoms with Gasteiger partial charge in [0, 0.05) is 0 Å². The van der Waals surface area contributed by atoms with Crippen molar-refractivity contribution >= 4 is 5.97 Å². The molecular formula is C19H26O2. The molecule has 2 unspecified atom stereocenters. The molecule has 0 aromatic heterocycles. The Morgan fingerprint density at radius 2 is 1.81 bits per heavy atom. The van der Waals surface area contributed by atoms with Crippen LogP contribution in [0.5, 0.6) is 0 Å². The van der Waals surface area contributed by atoms with Crippen molar-refractivity contribution in [3.8, 4) is 0 Å². The molecule has 2 heteroatoms. The Labute approximate surface area is 128 Å². The first-order valence-corrected chi connectivity index (χ1v) is 7.90. The molecule has 0 bridgehead atoms. The molecule has 2 nitrogen and oxygen atoms in total. The molecule has 0 heterocycles. The van der Waals surface area contributed by atoms with Gasteiger partial charge in [-0.05, 0) is 43.6 Å². The third-order valence-electron chi connectivity index (χ3n) is 4.84. The summed E-state index contributed by atoms with van der Waals surface area (Å²) in [6.45, 7) is 8.93. The molecule has 114 valence electrons. The van der Waals surface area contributed by atoms with Crippen LogP contribution in [0.4, 0.5) is 0 Å². The second-order valence-electron chi connectivity index (χ2n) is 6.28. The van der Waals surface area contributed by atoms with E-state index in [1.807, 2.05) is 30.3 Å². The third-order valence-corrected chi connectivity index (χ3v) is 4.84. The fourth-order valence-corrected chi connectivity index (χ4v) is 3.51. The fourth-order valence-electron chi connectivity index (χ4n) is 3.51. The lowest BCUT2D eigenvalue weighted by Gasteiger charge is -2.12. The smallest absolute Gasteiger partial charge is 0.310 e. The van der Waals surface area contributed by atoms with Crippen LogP contribution in [0.15, 0.2) is 42.0 Å². The van der Waals surface area contributed by atoms with Gasteiger partial charge in [0.25, 0.3) is 0 Å². The minimum Gasteiger partial charge on any atom is -0.461 e. The lowest BCUT2D eigenvalue weighted by molar-refractivity contribution is -0.147. The lowest BCUT2D eigenvalue weighted by Crippen LogP contribution is -2.13. The molecule has 1 saturated carbocycles. The highest BCUT2D eigenvalue weighted by Gasteiger charge is 2.65. The number of hydrogen-bond donors (Lipinski definition) is 0. The SMILES string of the molecule is CCC1(CC)C(C=C(C)C)C1C(=O)OCc1ccccc1. The van der Waals surface area contributed by atoms with Gasteiger partial charge in [-0.25, -0.2) is 0 Å². The average Bonchev–Trinajstić information content (AvgIpc) is 3.12. The summed E-state index contributed by atoms with van der Waals surface area (Å²) in [7, 11) is 0. The van der Waals surface area contributed by atoms with Gasteiger partial charge in [0.2, 0.25) is 0 Å². The first kappa shape index (κ1) is 15.8. The van der Waals surface area contributed by atoms with E-state index in [0.717, 1.165) is 18.4 Å². The molecule has 1 aliphatic rings. The van der Waals surface area contributed by atoms with E-state index in [1.54, 1.807) is 0 Å². The maximum Gasteiger partial charge on any atom is 0.310 e. The van der Waals surface area contributed by atoms with Gasteiger partial charge in [0.1, 0.15) is 6.61 Å². The molecule has 0 N–H and O–H groups in total. The van der Waals surface area contributed by atoms with Crippen molar-refractivity contribution in [1.82, 2.24) is 0 Å². The molecular weight excluding hydrogens is 260 g/mol. The molecule has 1 fully saturated rings. The fraction of sp³-hybridized carbons (Fsp3) is 0.526. The number of allylic oxidation sites excluding steroid dienone is 2. The van der Waals surface area contributed by atoms with Gasteiger partial charge >= 0.3 is 5.97 Å². The van der Waals surface area contributed by atoms with Gasteiger partial charge in [0.05, 0.1) is 5.92 Å². The molecule has 0 aliphatic heterocycles. The van der Waals surface area contributed by atoms with Gasteiger partial charge in [-0.2, -0.15) is 0 Å². The number of carbonyl (C=O) groups excluding carboxylic acids is 1. The molecule has 1 aliphatic carbocycles. The van der Waals surface area contributed by atoms with E-state index >= 15 is 0 Å². The summed E-state index contributed by atoms with van der Waals surface area (Å²) in [5, 5.41) is 0. The predicted octanol–water partition coefficient (Wildman–Crippen LogP) is 4.75. The van der Waals surface area contributed by atoms with Crippen LogP contribution in [0.1, 0.15) is 46.1 Å². The van der Waals surface area contributed by atoms with Crippen molar-refractivity contribution in [3.05, 3.63) is 47.5 Å². The summed E-state index contributed by atoms with van der Waals surface area (Å²) in [5.41, 5.74) is 2.44. The van der Waals surface area contributed by atoms with Gasteiger partial charge < -0.3 is 4.74 Å². The van der Waals surface area contributed by atoms with Crippen LogP contribution in [0.3, 0.4) is 0 Å². The largest absolute Gasteiger partial charge is 0.461 e. The van der Waals surface area contributed by atoms with Crippen LogP contribution < -0.4 is 0 Å². The van der Waals surface area contributed by atoms with Crippen molar-refractivity contribution in [1.29, 1.82) is 0 Å². The Bertz CT molecular complexity index is 508. The standard InChI is InChI=1S/C19H26O2/c1-5-19(6-2)16(12-14(3)4)17(19)18(20)21-13-15-10-8-7-9-11-15/h7-12,16-17H,5-6,13H2,1-4H3. The van der Waals surface area contributed by atoms with E-state index in [2.05, 4.69) is 33.8 Å². The summed E-state index contributed by atoms with van der Waals surface area (Å²) in [5.74, 6) is 0.344. The zero-order valence-corrected chi connectivity index (χ0v) is 13.6. The molecule has 0 saturated heterocycles. The molecule has 1 aromatic rings. The van der Waals surface area contributed by atoms with E-state index in [-0.39, 0.29) is 17.3 Å². The Kier molecular flexibility index (Phi) is 4.87. The summed E-state index contributed by atoms with van der Waals surface area (Å²) < 4.78 is 5.55. The first-order chi connectivity index (χ1) is 10.0. The highest BCUT2D eigenvalue weighted by molar-refractivity contribution is 5.78. The second kappa shape index (κ2) is 6.46. The van der Waals surface area contributed by atoms with Crippen LogP contribution in [0.2, 0.25) is 0 Å². The summed E-state index contributed by atoms with van der Waals surface area (Å²) in [4.78, 5) is 12.5. The molecule has 0 spiro atoms. The van der Waals surface area contributed by atoms with Gasteiger partial charge in [-0.15, -0.1) is 0 Å². The molecule has 0 amide bonds. The topological polar surface area (TPSA) is 26.3 Å². The number of ether oxygens (including phenoxy) is 1. The molecule has 2 rings (SSSR count). The average molecular weight is 286 g/mol. The van der Waals surface area contributed by atoms with E-state index in [4.69, 9.17) is 4.74 Å². The first-order valence-electron chi connectivity index (χ1n) is 7.90. The predicted molar refractivity (Wildman–Crippen MR) is 85.7 cm³/mol. The normalized spacial score (nSPS) is 22.5. The highest BCUT2D eigenvalue weighted by atomic mass is 16.5. The van der Waals surface area contributed by atoms with Crippen molar-refractivity contribution in [2.45, 2.75) is 47.1 Å². The second-order valence-corrected chi connectivity index (χ2v) is 6.28. The van der Waals surface area contributed by atoms with E-state index in [0.29, 0.717) is 12.5 Å². The Morgan fingerprint density at radius 1 is 1.19 bits per heavy atom. The Morgan fingerprint density at radius 3 is 2.33 bits per heavy atom. The van der Waals surface area contributed by atoms with Gasteiger partial charge in [-0.3, -0.25) is 4.79 Å². The van der Waals surface area contributed by atoms with Crippen LogP contribution in [-0.4, -0.2) is 5.97 Å². The van der Waals surface area contributed by atoms with Crippen LogP contribution >= 0.6 is 0 Å². The monoisotopic (exact) mass is 286 g/mol. The molecule has 0 radical (unpaired) electrons. The van der Waals surface area contributed by atoms with E-state index in [9.17, 15) is 4.79 Å². The van der Waals surface area contributed by atoms with Crippen molar-refractivity contribution < 1.29 is 9.53 Å². The van der Waals surface area contributed by atoms with Crippen molar-refractivity contribution in [2.75, 3.05) is 0 Å². The zero-order valence-electron chi connectivity index (χ0n) is 13.6. The molecule has 2 atom stereocenters. The van der Waals surface area contributed by atoms with Crippen LogP contribution in [-0.2, 0) is 16.1 Å². The lowest BCUT2D eigenvalue weighted by atomic mass is 9.94. The number of hydrogen-bond acceptors (Lipinski definition) is 2. The van der Waals surface area contributed by atoms with Crippen molar-refractivity contribution in [3.63, 3.8) is 0 Å². The van der Waals surface area contributed by atoms with Crippen molar-refractivity contribution in [2.24, 2.45) is 17.3 Å². The van der Waals surface area contributed by atoms with Crippen LogP contribution in [0.25, 0.3) is 0 Å². The quantitative estimate of drug-likeness (QED) is 0.557. The number of carbonyl (C=O) groups is 1. The van der Waals surface area contributed by atoms with Gasteiger partial charge in [-0.1, -0.05) is 55.8 Å². The number of rotatable bonds is 6. The maximum absolute atomic E-state index is 12.5. The summed E-state index contributed by atoms with van der Waals surface area (Å²) >= 11 is 0. The maximum atomic E-state index is 12.5. The molecule has 21 heavy (non-hydrogen) atoms. The highest BCUT2D eigenvalue weighted by Crippen LogP contribution is 2.64. The zero-order chi connectivity index (χ0) is 15.5. The minimum absolute atomic E-state index is 0.0334. The summed E-state index contributed by atoms with van der Waals surface area (Å²) in [6, 6.07) is 9.88. The Balaban J connectivity index is 2.03. The van der Waals surface area contributed by atoms with E-state index < -0.39 is 0 Å². The number of benzene rings is 1.